The molecule has 4 heteroatoms. The summed E-state index contributed by atoms with van der Waals surface area (Å²) >= 11 is 0. The molecule has 1 heterocycles. The quantitative estimate of drug-likeness (QED) is 0.600. The van der Waals surface area contributed by atoms with Gasteiger partial charge >= 0.3 is 0 Å². The monoisotopic (exact) mass is 274 g/mol. The summed E-state index contributed by atoms with van der Waals surface area (Å²) in [7, 11) is 1.18. The Morgan fingerprint density at radius 3 is 2.58 bits per heavy atom. The van der Waals surface area contributed by atoms with E-state index in [1.807, 2.05) is 0 Å². The van der Waals surface area contributed by atoms with E-state index in [4.69, 9.17) is 9.99 Å². The third-order valence-electron chi connectivity index (χ3n) is 4.80. The Hall–Kier alpha value is -0.160. The van der Waals surface area contributed by atoms with Crippen LogP contribution >= 0.6 is 0 Å². The Bertz CT molecular complexity index is 234. The van der Waals surface area contributed by atoms with Crippen molar-refractivity contribution in [3.63, 3.8) is 0 Å². The van der Waals surface area contributed by atoms with Gasteiger partial charge in [-0.2, -0.15) is 0 Å². The topological polar surface area (TPSA) is 58.9 Å². The zero-order valence-electron chi connectivity index (χ0n) is 12.5. The molecule has 114 valence electrons. The van der Waals surface area contributed by atoms with Gasteiger partial charge in [-0.3, -0.25) is 5.26 Å². The molecule has 5 atom stereocenters. The van der Waals surface area contributed by atoms with Crippen molar-refractivity contribution in [2.75, 3.05) is 20.3 Å². The van der Waals surface area contributed by atoms with Crippen LogP contribution in [0.1, 0.15) is 46.0 Å². The summed E-state index contributed by atoms with van der Waals surface area (Å²) in [6.07, 6.45) is 7.03. The maximum Gasteiger partial charge on any atom is 0.0710 e. The van der Waals surface area contributed by atoms with Gasteiger partial charge in [0.05, 0.1) is 19.8 Å². The lowest BCUT2D eigenvalue weighted by atomic mass is 9.67. The smallest absolute Gasteiger partial charge is 0.0710 e. The molecule has 2 aliphatic rings. The molecule has 2 N–H and O–H groups in total. The van der Waals surface area contributed by atoms with E-state index in [1.54, 1.807) is 0 Å². The minimum Gasteiger partial charge on any atom is -0.396 e. The normalized spacial score (nSPS) is 36.5. The van der Waals surface area contributed by atoms with E-state index in [9.17, 15) is 5.11 Å². The van der Waals surface area contributed by atoms with Gasteiger partial charge in [0.25, 0.3) is 0 Å². The molecule has 2 fully saturated rings. The Kier molecular flexibility index (Phi) is 7.91. The average molecular weight is 274 g/mol. The first-order chi connectivity index (χ1) is 9.13. The second-order valence-electron chi connectivity index (χ2n) is 6.08. The van der Waals surface area contributed by atoms with E-state index in [0.717, 1.165) is 12.5 Å². The standard InChI is InChI=1S/C14H26O2.CH4O2/c1-10(8-15)13-5-3-4-12-7-6-11(2)16-9-14(12)13;1-3-2/h10-15H,3-9H2,1-2H3;2H,1H3. The van der Waals surface area contributed by atoms with Crippen LogP contribution in [0.2, 0.25) is 0 Å². The number of fused-ring (bicyclic) bond motifs is 1. The minimum absolute atomic E-state index is 0.337. The summed E-state index contributed by atoms with van der Waals surface area (Å²) in [5.74, 6) is 2.71. The number of ether oxygens (including phenoxy) is 1. The van der Waals surface area contributed by atoms with Crippen molar-refractivity contribution in [3.05, 3.63) is 0 Å². The highest BCUT2D eigenvalue weighted by atomic mass is 17.1. The van der Waals surface area contributed by atoms with Gasteiger partial charge in [-0.15, -0.1) is 0 Å². The van der Waals surface area contributed by atoms with Crippen LogP contribution in [0.15, 0.2) is 0 Å². The van der Waals surface area contributed by atoms with Crippen LogP contribution < -0.4 is 0 Å². The molecule has 0 aromatic carbocycles. The number of aliphatic hydroxyl groups is 1. The predicted octanol–water partition coefficient (Wildman–Crippen LogP) is 2.95. The molecule has 1 aliphatic carbocycles. The third kappa shape index (κ3) is 5.03. The van der Waals surface area contributed by atoms with Gasteiger partial charge in [0, 0.05) is 6.61 Å². The number of aliphatic hydroxyl groups excluding tert-OH is 1. The van der Waals surface area contributed by atoms with Gasteiger partial charge < -0.3 is 9.84 Å². The lowest BCUT2D eigenvalue weighted by Crippen LogP contribution is -2.35. The third-order valence-corrected chi connectivity index (χ3v) is 4.80. The Morgan fingerprint density at radius 1 is 1.26 bits per heavy atom. The van der Waals surface area contributed by atoms with Crippen LogP contribution in [-0.2, 0) is 9.62 Å². The molecular formula is C15H30O4. The van der Waals surface area contributed by atoms with E-state index in [2.05, 4.69) is 18.7 Å². The van der Waals surface area contributed by atoms with E-state index >= 15 is 0 Å². The predicted molar refractivity (Wildman–Crippen MR) is 74.9 cm³/mol. The van der Waals surface area contributed by atoms with Crippen LogP contribution in [0.3, 0.4) is 0 Å². The minimum atomic E-state index is 0.337. The summed E-state index contributed by atoms with van der Waals surface area (Å²) in [6, 6.07) is 0. The van der Waals surface area contributed by atoms with Gasteiger partial charge in [-0.1, -0.05) is 19.8 Å². The highest BCUT2D eigenvalue weighted by Crippen LogP contribution is 2.43. The van der Waals surface area contributed by atoms with Gasteiger partial charge in [0.15, 0.2) is 0 Å². The molecule has 0 aromatic heterocycles. The molecule has 1 saturated heterocycles. The van der Waals surface area contributed by atoms with Crippen LogP contribution in [0.4, 0.5) is 0 Å². The summed E-state index contributed by atoms with van der Waals surface area (Å²) < 4.78 is 5.92. The molecular weight excluding hydrogens is 244 g/mol. The lowest BCUT2D eigenvalue weighted by molar-refractivity contribution is -0.214. The van der Waals surface area contributed by atoms with Gasteiger partial charge in [-0.05, 0) is 49.9 Å². The second-order valence-corrected chi connectivity index (χ2v) is 6.08. The fraction of sp³-hybridized carbons (Fsp3) is 1.00. The van der Waals surface area contributed by atoms with Gasteiger partial charge in [0.1, 0.15) is 0 Å². The zero-order chi connectivity index (χ0) is 14.3. The number of rotatable bonds is 2. The van der Waals surface area contributed by atoms with Crippen molar-refractivity contribution in [1.29, 1.82) is 0 Å². The van der Waals surface area contributed by atoms with E-state index in [1.165, 1.54) is 39.2 Å². The van der Waals surface area contributed by atoms with Gasteiger partial charge in [-0.25, -0.2) is 4.89 Å². The first-order valence-corrected chi connectivity index (χ1v) is 7.54. The number of hydrogen-bond donors (Lipinski definition) is 2. The van der Waals surface area contributed by atoms with E-state index < -0.39 is 0 Å². The van der Waals surface area contributed by atoms with E-state index in [-0.39, 0.29) is 0 Å². The highest BCUT2D eigenvalue weighted by molar-refractivity contribution is 4.86. The lowest BCUT2D eigenvalue weighted by Gasteiger charge is -2.39. The Balaban J connectivity index is 0.000000550. The average Bonchev–Trinajstić information content (AvgIpc) is 2.61. The molecule has 0 radical (unpaired) electrons. The molecule has 5 unspecified atom stereocenters. The summed E-state index contributed by atoms with van der Waals surface area (Å²) in [5.41, 5.74) is 0. The maximum atomic E-state index is 9.36. The van der Waals surface area contributed by atoms with Crippen LogP contribution in [0.5, 0.6) is 0 Å². The van der Waals surface area contributed by atoms with Crippen molar-refractivity contribution in [2.45, 2.75) is 52.1 Å². The summed E-state index contributed by atoms with van der Waals surface area (Å²) in [6.45, 7) is 5.66. The van der Waals surface area contributed by atoms with Crippen molar-refractivity contribution in [1.82, 2.24) is 0 Å². The first-order valence-electron chi connectivity index (χ1n) is 7.54. The molecule has 0 amide bonds. The SMILES string of the molecule is CC1CCC2CCCC(C(C)CO)C2CO1.COO. The molecule has 0 aromatic rings. The van der Waals surface area contributed by atoms with Gasteiger partial charge in [0.2, 0.25) is 0 Å². The molecule has 4 nitrogen and oxygen atoms in total. The van der Waals surface area contributed by atoms with Crippen molar-refractivity contribution >= 4 is 0 Å². The summed E-state index contributed by atoms with van der Waals surface area (Å²) in [4.78, 5) is 3.25. The highest BCUT2D eigenvalue weighted by Gasteiger charge is 2.37. The van der Waals surface area contributed by atoms with Crippen LogP contribution in [0.25, 0.3) is 0 Å². The maximum absolute atomic E-state index is 9.36. The Labute approximate surface area is 117 Å². The molecule has 1 aliphatic heterocycles. The fourth-order valence-corrected chi connectivity index (χ4v) is 3.66. The van der Waals surface area contributed by atoms with Crippen molar-refractivity contribution in [2.24, 2.45) is 23.7 Å². The van der Waals surface area contributed by atoms with Crippen molar-refractivity contribution in [3.8, 4) is 0 Å². The van der Waals surface area contributed by atoms with Crippen LogP contribution in [0, 0.1) is 23.7 Å². The van der Waals surface area contributed by atoms with Crippen molar-refractivity contribution < 1.29 is 20.0 Å². The van der Waals surface area contributed by atoms with E-state index in [0.29, 0.717) is 30.5 Å². The largest absolute Gasteiger partial charge is 0.396 e. The zero-order valence-corrected chi connectivity index (χ0v) is 12.5. The van der Waals surface area contributed by atoms with Crippen LogP contribution in [-0.4, -0.2) is 36.8 Å². The molecule has 0 spiro atoms. The second kappa shape index (κ2) is 8.90. The molecule has 2 rings (SSSR count). The number of hydrogen-bond acceptors (Lipinski definition) is 4. The summed E-state index contributed by atoms with van der Waals surface area (Å²) in [5, 5.41) is 16.4. The molecule has 0 bridgehead atoms. The molecule has 1 saturated carbocycles. The first kappa shape index (κ1) is 16.9. The Morgan fingerprint density at radius 2 is 1.95 bits per heavy atom. The fourth-order valence-electron chi connectivity index (χ4n) is 3.66. The molecule has 19 heavy (non-hydrogen) atoms.